The summed E-state index contributed by atoms with van der Waals surface area (Å²) in [6.45, 7) is 4.71. The molecule has 2 aliphatic heterocycles. The van der Waals surface area contributed by atoms with Crippen LogP contribution in [0.15, 0.2) is 0 Å². The van der Waals surface area contributed by atoms with Crippen molar-refractivity contribution in [2.24, 2.45) is 5.92 Å². The van der Waals surface area contributed by atoms with Gasteiger partial charge in [-0.3, -0.25) is 4.79 Å². The van der Waals surface area contributed by atoms with Gasteiger partial charge in [0.2, 0.25) is 5.91 Å². The summed E-state index contributed by atoms with van der Waals surface area (Å²) in [5.74, 6) is 2.32. The van der Waals surface area contributed by atoms with Crippen LogP contribution in [0.5, 0.6) is 0 Å². The lowest BCUT2D eigenvalue weighted by Crippen LogP contribution is -2.47. The summed E-state index contributed by atoms with van der Waals surface area (Å²) in [6.07, 6.45) is 5.19. The molecule has 2 aliphatic rings. The number of carbonyl (C=O) groups excluding carboxylic acids is 1. The first kappa shape index (κ1) is 16.1. The molecule has 5 heteroatoms. The fraction of sp³-hybridized carbons (Fsp3) is 0.933. The first-order valence-electron chi connectivity index (χ1n) is 7.70. The van der Waals surface area contributed by atoms with Crippen molar-refractivity contribution in [2.45, 2.75) is 44.8 Å². The predicted molar refractivity (Wildman–Crippen MR) is 82.1 cm³/mol. The molecule has 2 saturated heterocycles. The second kappa shape index (κ2) is 8.25. The number of rotatable bonds is 5. The summed E-state index contributed by atoms with van der Waals surface area (Å²) >= 11 is 1.71. The fourth-order valence-electron chi connectivity index (χ4n) is 2.87. The van der Waals surface area contributed by atoms with Gasteiger partial charge in [0.15, 0.2) is 0 Å². The van der Waals surface area contributed by atoms with Crippen molar-refractivity contribution < 1.29 is 14.3 Å². The zero-order valence-corrected chi connectivity index (χ0v) is 13.5. The van der Waals surface area contributed by atoms with Crippen LogP contribution in [0.2, 0.25) is 0 Å². The Morgan fingerprint density at radius 2 is 2.25 bits per heavy atom. The highest BCUT2D eigenvalue weighted by Gasteiger charge is 2.28. The first-order valence-corrected chi connectivity index (χ1v) is 8.86. The molecule has 0 aliphatic carbocycles. The van der Waals surface area contributed by atoms with Crippen LogP contribution in [0, 0.1) is 5.92 Å². The fourth-order valence-corrected chi connectivity index (χ4v) is 3.88. The monoisotopic (exact) mass is 301 g/mol. The summed E-state index contributed by atoms with van der Waals surface area (Å²) in [5.41, 5.74) is 0. The maximum Gasteiger partial charge on any atom is 0.232 e. The third-order valence-electron chi connectivity index (χ3n) is 4.35. The zero-order chi connectivity index (χ0) is 14.4. The van der Waals surface area contributed by atoms with E-state index in [0.29, 0.717) is 17.8 Å². The van der Waals surface area contributed by atoms with Gasteiger partial charge in [-0.05, 0) is 31.6 Å². The molecular formula is C15H27NO3S. The van der Waals surface area contributed by atoms with E-state index in [-0.39, 0.29) is 12.0 Å². The lowest BCUT2D eigenvalue weighted by molar-refractivity contribution is -0.133. The molecule has 0 aromatic carbocycles. The Labute approximate surface area is 126 Å². The smallest absolute Gasteiger partial charge is 0.232 e. The van der Waals surface area contributed by atoms with Crippen molar-refractivity contribution in [3.63, 3.8) is 0 Å². The summed E-state index contributed by atoms with van der Waals surface area (Å²) in [7, 11) is 1.74. The molecule has 0 aromatic heterocycles. The largest absolute Gasteiger partial charge is 0.379 e. The van der Waals surface area contributed by atoms with Gasteiger partial charge < -0.3 is 14.4 Å². The summed E-state index contributed by atoms with van der Waals surface area (Å²) in [5, 5.41) is 0. The number of hydrogen-bond acceptors (Lipinski definition) is 4. The number of hydrogen-bond donors (Lipinski definition) is 0. The van der Waals surface area contributed by atoms with Crippen LogP contribution < -0.4 is 0 Å². The molecule has 0 spiro atoms. The van der Waals surface area contributed by atoms with Gasteiger partial charge in [-0.25, -0.2) is 0 Å². The SMILES string of the molecule is COC1CN(C(=O)CSCC2CCCCO2)CCC1C. The molecule has 20 heavy (non-hydrogen) atoms. The molecule has 1 amide bonds. The minimum atomic E-state index is 0.194. The third-order valence-corrected chi connectivity index (χ3v) is 5.41. The van der Waals surface area contributed by atoms with E-state index in [1.54, 1.807) is 18.9 Å². The van der Waals surface area contributed by atoms with Crippen molar-refractivity contribution in [2.75, 3.05) is 38.3 Å². The van der Waals surface area contributed by atoms with Crippen LogP contribution in [-0.4, -0.2) is 61.3 Å². The Balaban J connectivity index is 1.66. The van der Waals surface area contributed by atoms with Gasteiger partial charge in [0.25, 0.3) is 0 Å². The lowest BCUT2D eigenvalue weighted by atomic mass is 9.96. The highest BCUT2D eigenvalue weighted by Crippen LogP contribution is 2.21. The minimum Gasteiger partial charge on any atom is -0.379 e. The molecule has 3 atom stereocenters. The van der Waals surface area contributed by atoms with Crippen LogP contribution in [0.1, 0.15) is 32.6 Å². The Bertz CT molecular complexity index is 307. The molecule has 0 saturated carbocycles. The summed E-state index contributed by atoms with van der Waals surface area (Å²) in [4.78, 5) is 14.2. The number of likely N-dealkylation sites (tertiary alicyclic amines) is 1. The van der Waals surface area contributed by atoms with Gasteiger partial charge in [-0.1, -0.05) is 6.92 Å². The van der Waals surface area contributed by atoms with E-state index < -0.39 is 0 Å². The summed E-state index contributed by atoms with van der Waals surface area (Å²) < 4.78 is 11.2. The van der Waals surface area contributed by atoms with Crippen molar-refractivity contribution >= 4 is 17.7 Å². The molecule has 0 radical (unpaired) electrons. The van der Waals surface area contributed by atoms with Crippen molar-refractivity contribution in [3.8, 4) is 0 Å². The van der Waals surface area contributed by atoms with Gasteiger partial charge in [0.1, 0.15) is 0 Å². The van der Waals surface area contributed by atoms with Gasteiger partial charge in [0, 0.05) is 32.6 Å². The zero-order valence-electron chi connectivity index (χ0n) is 12.7. The molecule has 4 nitrogen and oxygen atoms in total. The normalized spacial score (nSPS) is 31.3. The average Bonchev–Trinajstić information content (AvgIpc) is 2.48. The van der Waals surface area contributed by atoms with Crippen LogP contribution in [0.4, 0.5) is 0 Å². The van der Waals surface area contributed by atoms with E-state index in [9.17, 15) is 4.79 Å². The number of thioether (sulfide) groups is 1. The highest BCUT2D eigenvalue weighted by molar-refractivity contribution is 7.99. The highest BCUT2D eigenvalue weighted by atomic mass is 32.2. The van der Waals surface area contributed by atoms with E-state index in [2.05, 4.69) is 6.92 Å². The molecule has 0 bridgehead atoms. The van der Waals surface area contributed by atoms with Gasteiger partial charge in [-0.15, -0.1) is 11.8 Å². The van der Waals surface area contributed by atoms with E-state index in [0.717, 1.165) is 38.3 Å². The van der Waals surface area contributed by atoms with E-state index in [1.165, 1.54) is 12.8 Å². The number of methoxy groups -OCH3 is 1. The van der Waals surface area contributed by atoms with Crippen LogP contribution in [-0.2, 0) is 14.3 Å². The molecule has 2 fully saturated rings. The standard InChI is InChI=1S/C15H27NO3S/c1-12-6-7-16(9-14(12)18-2)15(17)11-20-10-13-5-3-4-8-19-13/h12-14H,3-11H2,1-2H3. The van der Waals surface area contributed by atoms with E-state index >= 15 is 0 Å². The van der Waals surface area contributed by atoms with E-state index in [4.69, 9.17) is 9.47 Å². The molecule has 0 aromatic rings. The number of ether oxygens (including phenoxy) is 2. The second-order valence-electron chi connectivity index (χ2n) is 5.88. The molecule has 2 heterocycles. The lowest BCUT2D eigenvalue weighted by Gasteiger charge is -2.36. The minimum absolute atomic E-state index is 0.194. The van der Waals surface area contributed by atoms with Crippen LogP contribution >= 0.6 is 11.8 Å². The van der Waals surface area contributed by atoms with Crippen LogP contribution in [0.25, 0.3) is 0 Å². The Hall–Kier alpha value is -0.260. The molecule has 2 rings (SSSR count). The van der Waals surface area contributed by atoms with Crippen molar-refractivity contribution in [1.29, 1.82) is 0 Å². The quantitative estimate of drug-likeness (QED) is 0.780. The number of nitrogens with zero attached hydrogens (tertiary/aromatic N) is 1. The second-order valence-corrected chi connectivity index (χ2v) is 6.91. The Kier molecular flexibility index (Phi) is 6.65. The Morgan fingerprint density at radius 3 is 2.95 bits per heavy atom. The molecular weight excluding hydrogens is 274 g/mol. The molecule has 116 valence electrons. The average molecular weight is 301 g/mol. The number of piperidine rings is 1. The third kappa shape index (κ3) is 4.64. The van der Waals surface area contributed by atoms with E-state index in [1.807, 2.05) is 4.90 Å². The topological polar surface area (TPSA) is 38.8 Å². The van der Waals surface area contributed by atoms with Crippen molar-refractivity contribution in [3.05, 3.63) is 0 Å². The van der Waals surface area contributed by atoms with Gasteiger partial charge >= 0.3 is 0 Å². The summed E-state index contributed by atoms with van der Waals surface area (Å²) in [6, 6.07) is 0. The number of amides is 1. The predicted octanol–water partition coefficient (Wildman–Crippen LogP) is 2.17. The molecule has 3 unspecified atom stereocenters. The Morgan fingerprint density at radius 1 is 1.40 bits per heavy atom. The van der Waals surface area contributed by atoms with Gasteiger partial charge in [-0.2, -0.15) is 0 Å². The van der Waals surface area contributed by atoms with Gasteiger partial charge in [0.05, 0.1) is 18.0 Å². The maximum absolute atomic E-state index is 12.2. The van der Waals surface area contributed by atoms with Crippen molar-refractivity contribution in [1.82, 2.24) is 4.90 Å². The molecule has 0 N–H and O–H groups in total. The maximum atomic E-state index is 12.2. The first-order chi connectivity index (χ1) is 9.70. The van der Waals surface area contributed by atoms with Crippen LogP contribution in [0.3, 0.4) is 0 Å². The number of carbonyl (C=O) groups is 1.